The van der Waals surface area contributed by atoms with Gasteiger partial charge in [-0.05, 0) is 6.92 Å². The molecule has 2 atom stereocenters. The van der Waals surface area contributed by atoms with Crippen LogP contribution in [0.5, 0.6) is 0 Å². The average Bonchev–Trinajstić information content (AvgIpc) is 2.03. The molecule has 0 aromatic heterocycles. The third kappa shape index (κ3) is 2.67. The van der Waals surface area contributed by atoms with Crippen molar-refractivity contribution < 1.29 is 14.3 Å². The van der Waals surface area contributed by atoms with Gasteiger partial charge in [-0.1, -0.05) is 0 Å². The van der Waals surface area contributed by atoms with Crippen LogP contribution in [0.15, 0.2) is 0 Å². The van der Waals surface area contributed by atoms with Crippen LogP contribution in [-0.4, -0.2) is 30.8 Å². The molecule has 1 heterocycles. The number of hydrogen-bond acceptors (Lipinski definition) is 5. The summed E-state index contributed by atoms with van der Waals surface area (Å²) in [4.78, 5) is 22.1. The summed E-state index contributed by atoms with van der Waals surface area (Å²) in [6, 6.07) is -0.622. The Morgan fingerprint density at radius 1 is 1.77 bits per heavy atom. The number of carbonyl (C=O) groups excluding carboxylic acids is 2. The molecule has 0 aromatic rings. The van der Waals surface area contributed by atoms with Crippen LogP contribution in [0.1, 0.15) is 13.3 Å². The molecule has 1 saturated heterocycles. The molecule has 2 unspecified atom stereocenters. The molecule has 1 amide bonds. The summed E-state index contributed by atoms with van der Waals surface area (Å²) in [5.74, 6) is -0.683. The normalized spacial score (nSPS) is 28.0. The van der Waals surface area contributed by atoms with E-state index < -0.39 is 18.3 Å². The predicted molar refractivity (Wildman–Crippen MR) is 44.3 cm³/mol. The number of ether oxygens (including phenoxy) is 1. The Morgan fingerprint density at radius 3 is 3.00 bits per heavy atom. The van der Waals surface area contributed by atoms with Gasteiger partial charge in [0.2, 0.25) is 5.91 Å². The molecule has 74 valence electrons. The van der Waals surface area contributed by atoms with E-state index in [-0.39, 0.29) is 12.3 Å². The topological polar surface area (TPSA) is 93.5 Å². The summed E-state index contributed by atoms with van der Waals surface area (Å²) in [5, 5.41) is 5.13. The van der Waals surface area contributed by atoms with Crippen LogP contribution in [0.4, 0.5) is 0 Å². The molecule has 0 aliphatic carbocycles. The second-order valence-corrected chi connectivity index (χ2v) is 2.72. The molecule has 1 fully saturated rings. The lowest BCUT2D eigenvalue weighted by atomic mass is 10.1. The molecule has 1 aliphatic heterocycles. The van der Waals surface area contributed by atoms with Gasteiger partial charge in [-0.15, -0.1) is 0 Å². The van der Waals surface area contributed by atoms with Crippen molar-refractivity contribution in [2.45, 2.75) is 25.7 Å². The summed E-state index contributed by atoms with van der Waals surface area (Å²) in [6.07, 6.45) is -0.595. The highest BCUT2D eigenvalue weighted by atomic mass is 16.5. The lowest BCUT2D eigenvalue weighted by Gasteiger charge is -2.27. The summed E-state index contributed by atoms with van der Waals surface area (Å²) < 4.78 is 4.74. The zero-order valence-corrected chi connectivity index (χ0v) is 7.37. The first-order valence-corrected chi connectivity index (χ1v) is 4.11. The molecule has 0 radical (unpaired) electrons. The van der Waals surface area contributed by atoms with Gasteiger partial charge in [0.05, 0.1) is 13.0 Å². The second-order valence-electron chi connectivity index (χ2n) is 2.72. The number of hydrogen-bond donors (Lipinski definition) is 3. The van der Waals surface area contributed by atoms with Crippen molar-refractivity contribution in [1.82, 2.24) is 10.6 Å². The first-order valence-electron chi connectivity index (χ1n) is 4.11. The van der Waals surface area contributed by atoms with Gasteiger partial charge in [0.1, 0.15) is 12.3 Å². The Balaban J connectivity index is 2.49. The van der Waals surface area contributed by atoms with Crippen LogP contribution >= 0.6 is 0 Å². The summed E-state index contributed by atoms with van der Waals surface area (Å²) in [7, 11) is 0. The van der Waals surface area contributed by atoms with Crippen LogP contribution in [0, 0.1) is 0 Å². The molecule has 6 nitrogen and oxygen atoms in total. The van der Waals surface area contributed by atoms with Crippen LogP contribution < -0.4 is 16.4 Å². The SMILES string of the molecule is CCOC(=O)C1CC(=O)NC(N)N1. The van der Waals surface area contributed by atoms with Gasteiger partial charge in [0.15, 0.2) is 0 Å². The quantitative estimate of drug-likeness (QED) is 0.447. The molecule has 6 heteroatoms. The van der Waals surface area contributed by atoms with Gasteiger partial charge in [0.25, 0.3) is 0 Å². The highest BCUT2D eigenvalue weighted by molar-refractivity contribution is 5.86. The maximum Gasteiger partial charge on any atom is 0.323 e. The zero-order valence-electron chi connectivity index (χ0n) is 7.37. The highest BCUT2D eigenvalue weighted by Gasteiger charge is 2.29. The van der Waals surface area contributed by atoms with Crippen molar-refractivity contribution in [2.75, 3.05) is 6.61 Å². The van der Waals surface area contributed by atoms with Gasteiger partial charge < -0.3 is 10.1 Å². The molecule has 1 aliphatic rings. The minimum atomic E-state index is -0.671. The van der Waals surface area contributed by atoms with E-state index in [2.05, 4.69) is 10.6 Å². The van der Waals surface area contributed by atoms with E-state index in [9.17, 15) is 9.59 Å². The molecule has 13 heavy (non-hydrogen) atoms. The third-order valence-electron chi connectivity index (χ3n) is 1.66. The van der Waals surface area contributed by atoms with Gasteiger partial charge in [-0.2, -0.15) is 0 Å². The average molecular weight is 187 g/mol. The molecule has 0 aromatic carbocycles. The van der Waals surface area contributed by atoms with E-state index in [0.717, 1.165) is 0 Å². The zero-order chi connectivity index (χ0) is 9.84. The number of nitrogens with two attached hydrogens (primary N) is 1. The third-order valence-corrected chi connectivity index (χ3v) is 1.66. The number of amides is 1. The van der Waals surface area contributed by atoms with Crippen LogP contribution in [-0.2, 0) is 14.3 Å². The predicted octanol–water partition coefficient (Wildman–Crippen LogP) is -1.73. The van der Waals surface area contributed by atoms with Crippen LogP contribution in [0.25, 0.3) is 0 Å². The molecular formula is C7H13N3O3. The van der Waals surface area contributed by atoms with Crippen molar-refractivity contribution in [2.24, 2.45) is 5.73 Å². The van der Waals surface area contributed by atoms with Crippen molar-refractivity contribution in [3.05, 3.63) is 0 Å². The summed E-state index contributed by atoms with van der Waals surface area (Å²) in [5.41, 5.74) is 5.40. The standard InChI is InChI=1S/C7H13N3O3/c1-2-13-6(12)4-3-5(11)10-7(8)9-4/h4,7,9H,2-3,8H2,1H3,(H,10,11). The minimum absolute atomic E-state index is 0.0759. The lowest BCUT2D eigenvalue weighted by molar-refractivity contribution is -0.149. The molecular weight excluding hydrogens is 174 g/mol. The Hall–Kier alpha value is -1.14. The molecule has 0 saturated carbocycles. The van der Waals surface area contributed by atoms with Crippen molar-refractivity contribution in [3.63, 3.8) is 0 Å². The maximum absolute atomic E-state index is 11.2. The van der Waals surface area contributed by atoms with Gasteiger partial charge in [0, 0.05) is 0 Å². The first kappa shape index (κ1) is 9.94. The first-order chi connectivity index (χ1) is 6.13. The Kier molecular flexibility index (Phi) is 3.21. The summed E-state index contributed by atoms with van der Waals surface area (Å²) >= 11 is 0. The fraction of sp³-hybridized carbons (Fsp3) is 0.714. The molecule has 4 N–H and O–H groups in total. The van der Waals surface area contributed by atoms with Crippen LogP contribution in [0.2, 0.25) is 0 Å². The fourth-order valence-electron chi connectivity index (χ4n) is 1.13. The minimum Gasteiger partial charge on any atom is -0.465 e. The van der Waals surface area contributed by atoms with E-state index in [4.69, 9.17) is 10.5 Å². The largest absolute Gasteiger partial charge is 0.465 e. The van der Waals surface area contributed by atoms with E-state index in [0.29, 0.717) is 6.61 Å². The Morgan fingerprint density at radius 2 is 2.46 bits per heavy atom. The molecule has 1 rings (SSSR count). The number of esters is 1. The highest BCUT2D eigenvalue weighted by Crippen LogP contribution is 2.00. The van der Waals surface area contributed by atoms with E-state index in [1.165, 1.54) is 0 Å². The van der Waals surface area contributed by atoms with Gasteiger partial charge in [-0.25, -0.2) is 0 Å². The van der Waals surface area contributed by atoms with Gasteiger partial charge >= 0.3 is 5.97 Å². The molecule has 0 bridgehead atoms. The molecule has 0 spiro atoms. The second kappa shape index (κ2) is 4.20. The smallest absolute Gasteiger partial charge is 0.323 e. The van der Waals surface area contributed by atoms with E-state index in [1.54, 1.807) is 6.92 Å². The van der Waals surface area contributed by atoms with Gasteiger partial charge in [-0.3, -0.25) is 20.6 Å². The lowest BCUT2D eigenvalue weighted by Crippen LogP contribution is -2.62. The van der Waals surface area contributed by atoms with Crippen molar-refractivity contribution in [3.8, 4) is 0 Å². The van der Waals surface area contributed by atoms with Crippen molar-refractivity contribution >= 4 is 11.9 Å². The summed E-state index contributed by atoms with van der Waals surface area (Å²) in [6.45, 7) is 2.01. The Bertz CT molecular complexity index is 219. The fourth-order valence-corrected chi connectivity index (χ4v) is 1.13. The van der Waals surface area contributed by atoms with Crippen LogP contribution in [0.3, 0.4) is 0 Å². The number of rotatable bonds is 2. The van der Waals surface area contributed by atoms with E-state index in [1.807, 2.05) is 0 Å². The number of carbonyl (C=O) groups is 2. The Labute approximate surface area is 75.8 Å². The van der Waals surface area contributed by atoms with Crippen molar-refractivity contribution in [1.29, 1.82) is 0 Å². The van der Waals surface area contributed by atoms with E-state index >= 15 is 0 Å². The maximum atomic E-state index is 11.2. The number of nitrogens with one attached hydrogen (secondary N) is 2. The monoisotopic (exact) mass is 187 g/mol.